The molecule has 0 aliphatic carbocycles. The van der Waals surface area contributed by atoms with Crippen LogP contribution in [0.4, 0.5) is 5.69 Å². The van der Waals surface area contributed by atoms with Crippen molar-refractivity contribution < 1.29 is 9.21 Å². The van der Waals surface area contributed by atoms with Crippen molar-refractivity contribution in [3.63, 3.8) is 0 Å². The fourth-order valence-corrected chi connectivity index (χ4v) is 3.22. The Hall–Kier alpha value is -2.60. The zero-order valence-corrected chi connectivity index (χ0v) is 15.8. The summed E-state index contributed by atoms with van der Waals surface area (Å²) < 4.78 is 5.66. The van der Waals surface area contributed by atoms with Crippen molar-refractivity contribution in [2.24, 2.45) is 0 Å². The number of aryl methyl sites for hydroxylation is 2. The van der Waals surface area contributed by atoms with Crippen molar-refractivity contribution in [1.82, 2.24) is 10.2 Å². The van der Waals surface area contributed by atoms with Gasteiger partial charge in [-0.3, -0.25) is 4.79 Å². The third-order valence-corrected chi connectivity index (χ3v) is 4.87. The Kier molecular flexibility index (Phi) is 5.73. The Morgan fingerprint density at radius 1 is 1.15 bits per heavy atom. The molecule has 26 heavy (non-hydrogen) atoms. The van der Waals surface area contributed by atoms with Crippen LogP contribution in [-0.4, -0.2) is 21.4 Å². The van der Waals surface area contributed by atoms with E-state index in [-0.39, 0.29) is 11.2 Å². The third kappa shape index (κ3) is 4.73. The van der Waals surface area contributed by atoms with E-state index >= 15 is 0 Å². The van der Waals surface area contributed by atoms with Crippen LogP contribution < -0.4 is 5.32 Å². The number of carbonyl (C=O) groups excluding carboxylic acids is 1. The number of aromatic nitrogens is 2. The molecule has 5 nitrogen and oxygen atoms in total. The van der Waals surface area contributed by atoms with E-state index in [1.807, 2.05) is 69.3 Å². The summed E-state index contributed by atoms with van der Waals surface area (Å²) >= 11 is 1.26. The lowest BCUT2D eigenvalue weighted by Gasteiger charge is -2.12. The van der Waals surface area contributed by atoms with Gasteiger partial charge in [0.05, 0.1) is 11.7 Å². The van der Waals surface area contributed by atoms with Crippen molar-refractivity contribution in [3.05, 3.63) is 71.1 Å². The molecule has 3 rings (SSSR count). The van der Waals surface area contributed by atoms with Gasteiger partial charge in [0, 0.05) is 5.69 Å². The first-order chi connectivity index (χ1) is 12.5. The molecule has 1 atom stereocenters. The van der Waals surface area contributed by atoms with Gasteiger partial charge in [0.25, 0.3) is 5.22 Å². The number of benzene rings is 2. The number of rotatable bonds is 6. The minimum atomic E-state index is -0.347. The van der Waals surface area contributed by atoms with Gasteiger partial charge in [-0.25, -0.2) is 0 Å². The second kappa shape index (κ2) is 8.19. The highest BCUT2D eigenvalue weighted by atomic mass is 32.2. The second-order valence-corrected chi connectivity index (χ2v) is 7.48. The van der Waals surface area contributed by atoms with Crippen LogP contribution in [0.5, 0.6) is 0 Å². The fraction of sp³-hybridized carbons (Fsp3) is 0.250. The zero-order chi connectivity index (χ0) is 18.5. The summed E-state index contributed by atoms with van der Waals surface area (Å²) in [7, 11) is 0. The number of hydrogen-bond donors (Lipinski definition) is 1. The van der Waals surface area contributed by atoms with Gasteiger partial charge in [-0.15, -0.1) is 10.2 Å². The molecule has 0 fully saturated rings. The number of hydrogen-bond acceptors (Lipinski definition) is 5. The Morgan fingerprint density at radius 3 is 2.65 bits per heavy atom. The molecule has 0 radical (unpaired) electrons. The van der Waals surface area contributed by atoms with Crippen LogP contribution in [0, 0.1) is 13.8 Å². The monoisotopic (exact) mass is 367 g/mol. The number of amides is 1. The van der Waals surface area contributed by atoms with E-state index in [0.717, 1.165) is 16.8 Å². The largest absolute Gasteiger partial charge is 0.416 e. The third-order valence-electron chi connectivity index (χ3n) is 3.93. The molecule has 0 saturated heterocycles. The second-order valence-electron chi connectivity index (χ2n) is 6.19. The molecule has 0 aliphatic heterocycles. The van der Waals surface area contributed by atoms with Gasteiger partial charge in [0.15, 0.2) is 0 Å². The number of carbonyl (C=O) groups is 1. The van der Waals surface area contributed by atoms with Crippen LogP contribution in [0.1, 0.15) is 29.5 Å². The molecular formula is C20H21N3O2S. The summed E-state index contributed by atoms with van der Waals surface area (Å²) in [5.74, 6) is 0.449. The lowest BCUT2D eigenvalue weighted by Crippen LogP contribution is -2.22. The van der Waals surface area contributed by atoms with Gasteiger partial charge in [0.1, 0.15) is 0 Å². The minimum absolute atomic E-state index is 0.0928. The summed E-state index contributed by atoms with van der Waals surface area (Å²) in [6.07, 6.45) is 0.581. The van der Waals surface area contributed by atoms with Crippen molar-refractivity contribution >= 4 is 23.4 Å². The smallest absolute Gasteiger partial charge is 0.277 e. The average Bonchev–Trinajstić information content (AvgIpc) is 3.05. The van der Waals surface area contributed by atoms with Crippen molar-refractivity contribution in [2.45, 2.75) is 37.7 Å². The normalized spacial score (nSPS) is 12.0. The first-order valence-corrected chi connectivity index (χ1v) is 9.30. The molecule has 1 heterocycles. The highest BCUT2D eigenvalue weighted by molar-refractivity contribution is 8.00. The van der Waals surface area contributed by atoms with Gasteiger partial charge < -0.3 is 9.73 Å². The predicted octanol–water partition coefficient (Wildman–Crippen LogP) is 4.40. The Balaban J connectivity index is 1.59. The summed E-state index contributed by atoms with van der Waals surface area (Å²) in [5.41, 5.74) is 4.13. The molecular weight excluding hydrogens is 346 g/mol. The summed E-state index contributed by atoms with van der Waals surface area (Å²) in [6.45, 7) is 5.83. The predicted molar refractivity (Wildman–Crippen MR) is 103 cm³/mol. The quantitative estimate of drug-likeness (QED) is 0.654. The highest BCUT2D eigenvalue weighted by Crippen LogP contribution is 2.24. The van der Waals surface area contributed by atoms with Crippen molar-refractivity contribution in [3.8, 4) is 0 Å². The van der Waals surface area contributed by atoms with Crippen molar-refractivity contribution in [2.75, 3.05) is 5.32 Å². The molecule has 0 saturated carbocycles. The van der Waals surface area contributed by atoms with E-state index in [1.165, 1.54) is 17.3 Å². The minimum Gasteiger partial charge on any atom is -0.416 e. The van der Waals surface area contributed by atoms with Crippen LogP contribution in [0.3, 0.4) is 0 Å². The first kappa shape index (κ1) is 18.2. The van der Waals surface area contributed by atoms with Crippen LogP contribution in [0.2, 0.25) is 0 Å². The first-order valence-electron chi connectivity index (χ1n) is 8.42. The number of thioether (sulfide) groups is 1. The molecule has 3 aromatic rings. The Bertz CT molecular complexity index is 893. The van der Waals surface area contributed by atoms with Crippen molar-refractivity contribution in [1.29, 1.82) is 0 Å². The van der Waals surface area contributed by atoms with E-state index < -0.39 is 0 Å². The van der Waals surface area contributed by atoms with Gasteiger partial charge in [-0.2, -0.15) is 0 Å². The molecule has 1 N–H and O–H groups in total. The van der Waals surface area contributed by atoms with Gasteiger partial charge in [-0.05, 0) is 38.0 Å². The summed E-state index contributed by atoms with van der Waals surface area (Å²) in [4.78, 5) is 12.4. The molecule has 6 heteroatoms. The van der Waals surface area contributed by atoms with Crippen LogP contribution in [-0.2, 0) is 11.2 Å². The molecule has 1 aromatic heterocycles. The maximum atomic E-state index is 12.4. The summed E-state index contributed by atoms with van der Waals surface area (Å²) in [6, 6.07) is 15.9. The molecule has 2 aromatic carbocycles. The molecule has 1 amide bonds. The topological polar surface area (TPSA) is 68.0 Å². The number of anilines is 1. The van der Waals surface area contributed by atoms with Gasteiger partial charge in [0.2, 0.25) is 11.8 Å². The number of nitrogens with zero attached hydrogens (tertiary/aromatic N) is 2. The fourth-order valence-electron chi connectivity index (χ4n) is 2.52. The van der Waals surface area contributed by atoms with Gasteiger partial charge in [-0.1, -0.05) is 59.8 Å². The molecule has 0 spiro atoms. The maximum absolute atomic E-state index is 12.4. The Morgan fingerprint density at radius 2 is 1.92 bits per heavy atom. The standard InChI is InChI=1S/C20H21N3O2S/c1-13-9-10-17(14(2)11-13)21-19(24)15(3)26-20-23-22-18(25-20)12-16-7-5-4-6-8-16/h4-11,15H,12H2,1-3H3,(H,21,24)/t15-/m1/s1. The van der Waals surface area contributed by atoms with E-state index in [9.17, 15) is 4.79 Å². The highest BCUT2D eigenvalue weighted by Gasteiger charge is 2.19. The van der Waals surface area contributed by atoms with E-state index in [2.05, 4.69) is 15.5 Å². The lowest BCUT2D eigenvalue weighted by molar-refractivity contribution is -0.115. The van der Waals surface area contributed by atoms with Crippen LogP contribution in [0.25, 0.3) is 0 Å². The van der Waals surface area contributed by atoms with E-state index in [1.54, 1.807) is 0 Å². The molecule has 0 aliphatic rings. The van der Waals surface area contributed by atoms with Crippen LogP contribution in [0.15, 0.2) is 58.2 Å². The summed E-state index contributed by atoms with van der Waals surface area (Å²) in [5, 5.41) is 11.1. The zero-order valence-electron chi connectivity index (χ0n) is 15.0. The number of nitrogens with one attached hydrogen (secondary N) is 1. The molecule has 0 bridgehead atoms. The molecule has 0 unspecified atom stereocenters. The van der Waals surface area contributed by atoms with E-state index in [4.69, 9.17) is 4.42 Å². The van der Waals surface area contributed by atoms with Gasteiger partial charge >= 0.3 is 0 Å². The maximum Gasteiger partial charge on any atom is 0.277 e. The Labute approximate surface area is 157 Å². The van der Waals surface area contributed by atoms with Crippen LogP contribution >= 0.6 is 11.8 Å². The average molecular weight is 367 g/mol. The molecule has 134 valence electrons. The SMILES string of the molecule is Cc1ccc(NC(=O)[C@@H](C)Sc2nnc(Cc3ccccc3)o2)c(C)c1. The van der Waals surface area contributed by atoms with E-state index in [0.29, 0.717) is 17.5 Å². The lowest BCUT2D eigenvalue weighted by atomic mass is 10.1.